The van der Waals surface area contributed by atoms with E-state index in [4.69, 9.17) is 4.52 Å². The standard InChI is InChI=1S/C20H17N3O3S/c1-2-22(16-10-5-8-14-7-3-4-9-15(14)16)18(24)13-23-19(21-26-20(23)25)17-11-6-12-27-17/h3-12H,2,13H2,1H3. The molecule has 0 aliphatic rings. The molecule has 0 saturated heterocycles. The van der Waals surface area contributed by atoms with Crippen LogP contribution in [0.1, 0.15) is 6.92 Å². The molecule has 0 N–H and O–H groups in total. The minimum absolute atomic E-state index is 0.132. The molecule has 0 radical (unpaired) electrons. The summed E-state index contributed by atoms with van der Waals surface area (Å²) in [6.07, 6.45) is 0. The largest absolute Gasteiger partial charge is 0.442 e. The van der Waals surface area contributed by atoms with E-state index in [-0.39, 0.29) is 12.5 Å². The summed E-state index contributed by atoms with van der Waals surface area (Å²) >= 11 is 1.44. The minimum Gasteiger partial charge on any atom is -0.311 e. The molecule has 0 atom stereocenters. The Labute approximate surface area is 159 Å². The molecule has 0 spiro atoms. The number of carbonyl (C=O) groups excluding carboxylic acids is 1. The lowest BCUT2D eigenvalue weighted by molar-refractivity contribution is -0.119. The number of anilines is 1. The zero-order chi connectivity index (χ0) is 18.8. The van der Waals surface area contributed by atoms with Gasteiger partial charge in [-0.25, -0.2) is 9.36 Å². The highest BCUT2D eigenvalue weighted by molar-refractivity contribution is 7.13. The van der Waals surface area contributed by atoms with E-state index in [1.165, 1.54) is 15.9 Å². The predicted octanol–water partition coefficient (Wildman–Crippen LogP) is 3.77. The second-order valence-corrected chi connectivity index (χ2v) is 6.92. The van der Waals surface area contributed by atoms with E-state index < -0.39 is 5.76 Å². The molecule has 0 saturated carbocycles. The molecule has 1 amide bonds. The van der Waals surface area contributed by atoms with Gasteiger partial charge in [-0.05, 0) is 29.8 Å². The smallest absolute Gasteiger partial charge is 0.311 e. The van der Waals surface area contributed by atoms with Crippen molar-refractivity contribution in [3.63, 3.8) is 0 Å². The van der Waals surface area contributed by atoms with Gasteiger partial charge in [0.2, 0.25) is 5.91 Å². The Morgan fingerprint density at radius 3 is 2.74 bits per heavy atom. The number of rotatable bonds is 5. The third-order valence-electron chi connectivity index (χ3n) is 4.40. The molecule has 0 unspecified atom stereocenters. The van der Waals surface area contributed by atoms with E-state index in [1.807, 2.05) is 66.9 Å². The van der Waals surface area contributed by atoms with E-state index in [0.29, 0.717) is 12.4 Å². The lowest BCUT2D eigenvalue weighted by Crippen LogP contribution is -2.36. The average Bonchev–Trinajstić information content (AvgIpc) is 3.33. The van der Waals surface area contributed by atoms with Crippen LogP contribution in [0.15, 0.2) is 69.3 Å². The molecule has 0 fully saturated rings. The predicted molar refractivity (Wildman–Crippen MR) is 106 cm³/mol. The third-order valence-corrected chi connectivity index (χ3v) is 5.26. The zero-order valence-electron chi connectivity index (χ0n) is 14.7. The molecule has 27 heavy (non-hydrogen) atoms. The Morgan fingerprint density at radius 1 is 1.15 bits per heavy atom. The van der Waals surface area contributed by atoms with E-state index in [2.05, 4.69) is 5.16 Å². The Morgan fingerprint density at radius 2 is 1.96 bits per heavy atom. The van der Waals surface area contributed by atoms with Crippen LogP contribution in [-0.4, -0.2) is 22.2 Å². The summed E-state index contributed by atoms with van der Waals surface area (Å²) in [7, 11) is 0. The van der Waals surface area contributed by atoms with Crippen LogP contribution in [0.2, 0.25) is 0 Å². The zero-order valence-corrected chi connectivity index (χ0v) is 15.5. The number of thiophene rings is 1. The summed E-state index contributed by atoms with van der Waals surface area (Å²) in [5.41, 5.74) is 0.822. The number of amides is 1. The fourth-order valence-electron chi connectivity index (χ4n) is 3.14. The fraction of sp³-hybridized carbons (Fsp3) is 0.150. The van der Waals surface area contributed by atoms with Crippen molar-refractivity contribution in [1.29, 1.82) is 0 Å². The Balaban J connectivity index is 1.70. The lowest BCUT2D eigenvalue weighted by Gasteiger charge is -2.23. The highest BCUT2D eigenvalue weighted by atomic mass is 32.1. The van der Waals surface area contributed by atoms with Crippen LogP contribution >= 0.6 is 11.3 Å². The number of carbonyl (C=O) groups is 1. The van der Waals surface area contributed by atoms with Gasteiger partial charge < -0.3 is 4.90 Å². The minimum atomic E-state index is -0.638. The molecular weight excluding hydrogens is 362 g/mol. The van der Waals surface area contributed by atoms with Gasteiger partial charge in [0.15, 0.2) is 5.82 Å². The molecule has 0 aliphatic carbocycles. The number of fused-ring (bicyclic) bond motifs is 1. The molecule has 2 aromatic carbocycles. The Kier molecular flexibility index (Phi) is 4.60. The number of benzene rings is 2. The maximum atomic E-state index is 13.1. The molecule has 0 aliphatic heterocycles. The van der Waals surface area contributed by atoms with Gasteiger partial charge in [-0.1, -0.05) is 47.6 Å². The van der Waals surface area contributed by atoms with Crippen molar-refractivity contribution in [3.8, 4) is 10.7 Å². The molecular formula is C20H17N3O3S. The first-order valence-corrected chi connectivity index (χ1v) is 9.45. The van der Waals surface area contributed by atoms with Gasteiger partial charge in [-0.3, -0.25) is 9.32 Å². The number of likely N-dealkylation sites (N-methyl/N-ethyl adjacent to an activating group) is 1. The van der Waals surface area contributed by atoms with Crippen molar-refractivity contribution in [2.45, 2.75) is 13.5 Å². The lowest BCUT2D eigenvalue weighted by atomic mass is 10.1. The van der Waals surface area contributed by atoms with Crippen LogP contribution in [0.5, 0.6) is 0 Å². The van der Waals surface area contributed by atoms with Crippen LogP contribution in [0.4, 0.5) is 5.69 Å². The van der Waals surface area contributed by atoms with E-state index in [0.717, 1.165) is 21.3 Å². The van der Waals surface area contributed by atoms with Crippen LogP contribution in [-0.2, 0) is 11.3 Å². The van der Waals surface area contributed by atoms with Crippen LogP contribution in [0.25, 0.3) is 21.5 Å². The van der Waals surface area contributed by atoms with Gasteiger partial charge in [-0.15, -0.1) is 11.3 Å². The van der Waals surface area contributed by atoms with Crippen molar-refractivity contribution in [3.05, 3.63) is 70.5 Å². The van der Waals surface area contributed by atoms with Crippen molar-refractivity contribution < 1.29 is 9.32 Å². The summed E-state index contributed by atoms with van der Waals surface area (Å²) < 4.78 is 6.08. The topological polar surface area (TPSA) is 68.3 Å². The highest BCUT2D eigenvalue weighted by Crippen LogP contribution is 2.27. The first kappa shape index (κ1) is 17.2. The first-order chi connectivity index (χ1) is 13.2. The molecule has 4 rings (SSSR count). The third kappa shape index (κ3) is 3.17. The van der Waals surface area contributed by atoms with Gasteiger partial charge in [0, 0.05) is 11.9 Å². The Hall–Kier alpha value is -3.19. The molecule has 4 aromatic rings. The van der Waals surface area contributed by atoms with Crippen LogP contribution < -0.4 is 10.7 Å². The quantitative estimate of drug-likeness (QED) is 0.529. The number of nitrogens with zero attached hydrogens (tertiary/aromatic N) is 3. The average molecular weight is 379 g/mol. The van der Waals surface area contributed by atoms with Crippen molar-refractivity contribution in [2.75, 3.05) is 11.4 Å². The second-order valence-electron chi connectivity index (χ2n) is 5.97. The van der Waals surface area contributed by atoms with Gasteiger partial charge in [0.25, 0.3) is 0 Å². The first-order valence-electron chi connectivity index (χ1n) is 8.57. The number of hydrogen-bond acceptors (Lipinski definition) is 5. The summed E-state index contributed by atoms with van der Waals surface area (Å²) in [6.45, 7) is 2.27. The van der Waals surface area contributed by atoms with Gasteiger partial charge >= 0.3 is 5.76 Å². The maximum Gasteiger partial charge on any atom is 0.442 e. The van der Waals surface area contributed by atoms with Crippen molar-refractivity contribution in [2.24, 2.45) is 0 Å². The number of hydrogen-bond donors (Lipinski definition) is 0. The Bertz CT molecular complexity index is 1140. The second kappa shape index (κ2) is 7.20. The van der Waals surface area contributed by atoms with Gasteiger partial charge in [0.1, 0.15) is 6.54 Å². The normalized spacial score (nSPS) is 11.0. The molecule has 136 valence electrons. The molecule has 7 heteroatoms. The summed E-state index contributed by atoms with van der Waals surface area (Å²) in [5.74, 6) is -0.463. The maximum absolute atomic E-state index is 13.1. The molecule has 2 heterocycles. The molecule has 2 aromatic heterocycles. The van der Waals surface area contributed by atoms with Crippen LogP contribution in [0, 0.1) is 0 Å². The molecule has 6 nitrogen and oxygen atoms in total. The highest BCUT2D eigenvalue weighted by Gasteiger charge is 2.21. The van der Waals surface area contributed by atoms with Crippen LogP contribution in [0.3, 0.4) is 0 Å². The van der Waals surface area contributed by atoms with Crippen molar-refractivity contribution in [1.82, 2.24) is 9.72 Å². The molecule has 0 bridgehead atoms. The summed E-state index contributed by atoms with van der Waals surface area (Å²) in [6, 6.07) is 17.5. The summed E-state index contributed by atoms with van der Waals surface area (Å²) in [5, 5.41) is 7.77. The monoisotopic (exact) mass is 379 g/mol. The van der Waals surface area contributed by atoms with E-state index >= 15 is 0 Å². The van der Waals surface area contributed by atoms with Gasteiger partial charge in [0.05, 0.1) is 10.6 Å². The van der Waals surface area contributed by atoms with E-state index in [1.54, 1.807) is 4.90 Å². The van der Waals surface area contributed by atoms with E-state index in [9.17, 15) is 9.59 Å². The van der Waals surface area contributed by atoms with Gasteiger partial charge in [-0.2, -0.15) is 0 Å². The number of aromatic nitrogens is 2. The summed E-state index contributed by atoms with van der Waals surface area (Å²) in [4.78, 5) is 27.6. The SMILES string of the molecule is CCN(C(=O)Cn1c(-c2cccs2)noc1=O)c1cccc2ccccc12. The fourth-order valence-corrected chi connectivity index (χ4v) is 3.85. The van der Waals surface area contributed by atoms with Crippen molar-refractivity contribution >= 4 is 33.7 Å².